The zero-order valence-corrected chi connectivity index (χ0v) is 7.73. The molecule has 74 valence electrons. The fourth-order valence-electron chi connectivity index (χ4n) is 0.932. The number of non-ortho nitro benzene ring substituents is 1. The normalized spacial score (nSPS) is 9.50. The van der Waals surface area contributed by atoms with Crippen LogP contribution in [0.2, 0.25) is 0 Å². The number of carbonyl (C=O) groups excluding carboxylic acids is 1. The van der Waals surface area contributed by atoms with Gasteiger partial charge in [-0.2, -0.15) is 0 Å². The summed E-state index contributed by atoms with van der Waals surface area (Å²) in [7, 11) is 0. The molecule has 0 aromatic heterocycles. The summed E-state index contributed by atoms with van der Waals surface area (Å²) in [6.07, 6.45) is 0.481. The highest BCUT2D eigenvalue weighted by molar-refractivity contribution is 6.17. The summed E-state index contributed by atoms with van der Waals surface area (Å²) in [5.41, 5.74) is -0.0473. The lowest BCUT2D eigenvalue weighted by molar-refractivity contribution is -0.384. The zero-order chi connectivity index (χ0) is 10.6. The van der Waals surface area contributed by atoms with E-state index >= 15 is 0 Å². The van der Waals surface area contributed by atoms with Crippen molar-refractivity contribution in [3.8, 4) is 5.75 Å². The molecule has 5 nitrogen and oxygen atoms in total. The summed E-state index contributed by atoms with van der Waals surface area (Å²) in [5, 5.41) is 10.4. The molecule has 1 aromatic carbocycles. The number of aldehydes is 1. The Morgan fingerprint density at radius 3 is 2.79 bits per heavy atom. The van der Waals surface area contributed by atoms with Crippen LogP contribution in [0.5, 0.6) is 5.75 Å². The minimum atomic E-state index is -0.586. The predicted molar refractivity (Wildman–Crippen MR) is 49.8 cm³/mol. The van der Waals surface area contributed by atoms with E-state index in [2.05, 4.69) is 0 Å². The first-order chi connectivity index (χ1) is 6.69. The van der Waals surface area contributed by atoms with Crippen LogP contribution in [-0.4, -0.2) is 17.3 Å². The van der Waals surface area contributed by atoms with Crippen molar-refractivity contribution in [2.24, 2.45) is 0 Å². The number of hydrogen-bond donors (Lipinski definition) is 0. The van der Waals surface area contributed by atoms with Gasteiger partial charge < -0.3 is 4.74 Å². The second-order valence-corrected chi connectivity index (χ2v) is 2.57. The molecule has 0 bridgehead atoms. The van der Waals surface area contributed by atoms with Gasteiger partial charge in [-0.05, 0) is 6.07 Å². The van der Waals surface area contributed by atoms with Crippen molar-refractivity contribution in [1.29, 1.82) is 0 Å². The molecule has 0 saturated carbocycles. The first kappa shape index (κ1) is 10.5. The summed E-state index contributed by atoms with van der Waals surface area (Å²) in [6.45, 7) is 0. The molecule has 0 N–H and O–H groups in total. The van der Waals surface area contributed by atoms with Gasteiger partial charge in [0.2, 0.25) is 0 Å². The van der Waals surface area contributed by atoms with E-state index < -0.39 is 4.92 Å². The van der Waals surface area contributed by atoms with Gasteiger partial charge in [0.15, 0.2) is 12.4 Å². The number of rotatable bonds is 4. The molecule has 0 aliphatic heterocycles. The Kier molecular flexibility index (Phi) is 3.41. The van der Waals surface area contributed by atoms with Crippen LogP contribution in [0.15, 0.2) is 18.2 Å². The van der Waals surface area contributed by atoms with E-state index in [9.17, 15) is 14.9 Å². The molecule has 0 saturated heterocycles. The van der Waals surface area contributed by atoms with Gasteiger partial charge in [-0.15, -0.1) is 0 Å². The van der Waals surface area contributed by atoms with E-state index in [1.54, 1.807) is 0 Å². The quantitative estimate of drug-likeness (QED) is 0.333. The number of alkyl halides is 1. The highest BCUT2D eigenvalue weighted by atomic mass is 35.5. The second-order valence-electron chi connectivity index (χ2n) is 2.35. The molecule has 0 aliphatic rings. The first-order valence-corrected chi connectivity index (χ1v) is 4.15. The number of halogens is 1. The maximum Gasteiger partial charge on any atom is 0.270 e. The van der Waals surface area contributed by atoms with Gasteiger partial charge >= 0.3 is 0 Å². The monoisotopic (exact) mass is 215 g/mol. The number of benzene rings is 1. The lowest BCUT2D eigenvalue weighted by atomic mass is 10.2. The fourth-order valence-corrected chi connectivity index (χ4v) is 1.05. The van der Waals surface area contributed by atoms with Crippen LogP contribution >= 0.6 is 11.6 Å². The number of nitro groups is 1. The molecular formula is C8H6ClNO4. The average Bonchev–Trinajstić information content (AvgIpc) is 2.18. The number of carbonyl (C=O) groups is 1. The maximum absolute atomic E-state index is 10.5. The summed E-state index contributed by atoms with van der Waals surface area (Å²) in [5.74, 6) is 0.237. The Labute approximate surface area is 84.4 Å². The Balaban J connectivity index is 3.11. The molecule has 14 heavy (non-hydrogen) atoms. The topological polar surface area (TPSA) is 69.4 Å². The van der Waals surface area contributed by atoms with Crippen LogP contribution < -0.4 is 4.74 Å². The predicted octanol–water partition coefficient (Wildman–Crippen LogP) is 1.98. The molecule has 6 heteroatoms. The van der Waals surface area contributed by atoms with Crippen molar-refractivity contribution in [3.05, 3.63) is 33.9 Å². The molecule has 0 radical (unpaired) electrons. The van der Waals surface area contributed by atoms with E-state index in [0.29, 0.717) is 6.29 Å². The number of nitro benzene ring substituents is 1. The van der Waals surface area contributed by atoms with Crippen molar-refractivity contribution in [2.45, 2.75) is 0 Å². The molecule has 1 aromatic rings. The lowest BCUT2D eigenvalue weighted by Gasteiger charge is -2.03. The molecule has 1 rings (SSSR count). The highest BCUT2D eigenvalue weighted by Gasteiger charge is 2.10. The Hall–Kier alpha value is -1.62. The third kappa shape index (κ3) is 2.20. The van der Waals surface area contributed by atoms with Crippen LogP contribution in [-0.2, 0) is 0 Å². The minimum absolute atomic E-state index is 0.111. The number of nitrogens with zero attached hydrogens (tertiary/aromatic N) is 1. The third-order valence-corrected chi connectivity index (χ3v) is 1.65. The SMILES string of the molecule is O=Cc1cc([N+](=O)[O-])ccc1OCCl. The van der Waals surface area contributed by atoms with Crippen LogP contribution in [0.25, 0.3) is 0 Å². The van der Waals surface area contributed by atoms with Gasteiger partial charge in [0, 0.05) is 12.1 Å². The van der Waals surface area contributed by atoms with Gasteiger partial charge in [0.1, 0.15) is 5.75 Å². The van der Waals surface area contributed by atoms with E-state index in [1.165, 1.54) is 12.1 Å². The maximum atomic E-state index is 10.5. The molecular weight excluding hydrogens is 210 g/mol. The Morgan fingerprint density at radius 2 is 2.29 bits per heavy atom. The van der Waals surface area contributed by atoms with E-state index in [4.69, 9.17) is 16.3 Å². The van der Waals surface area contributed by atoms with Crippen molar-refractivity contribution in [1.82, 2.24) is 0 Å². The van der Waals surface area contributed by atoms with Gasteiger partial charge in [-0.25, -0.2) is 0 Å². The Bertz CT molecular complexity index is 366. The largest absolute Gasteiger partial charge is 0.477 e. The van der Waals surface area contributed by atoms with Crippen LogP contribution in [0.3, 0.4) is 0 Å². The molecule has 0 unspecified atom stereocenters. The number of ether oxygens (including phenoxy) is 1. The average molecular weight is 216 g/mol. The molecule has 0 heterocycles. The number of hydrogen-bond acceptors (Lipinski definition) is 4. The van der Waals surface area contributed by atoms with E-state index in [1.807, 2.05) is 0 Å². The molecule has 0 spiro atoms. The summed E-state index contributed by atoms with van der Waals surface area (Å²) in [4.78, 5) is 20.3. The van der Waals surface area contributed by atoms with Crippen LogP contribution in [0.4, 0.5) is 5.69 Å². The zero-order valence-electron chi connectivity index (χ0n) is 6.97. The third-order valence-electron chi connectivity index (χ3n) is 1.54. The smallest absolute Gasteiger partial charge is 0.270 e. The van der Waals surface area contributed by atoms with Gasteiger partial charge in [-0.1, -0.05) is 11.6 Å². The summed E-state index contributed by atoms with van der Waals surface area (Å²) < 4.78 is 4.87. The van der Waals surface area contributed by atoms with E-state index in [-0.39, 0.29) is 23.1 Å². The molecule has 0 aliphatic carbocycles. The van der Waals surface area contributed by atoms with Crippen LogP contribution in [0, 0.1) is 10.1 Å². The minimum Gasteiger partial charge on any atom is -0.477 e. The van der Waals surface area contributed by atoms with Crippen molar-refractivity contribution >= 4 is 23.6 Å². The standard InChI is InChI=1S/C8H6ClNO4/c9-5-14-8-2-1-7(10(12)13)3-6(8)4-11/h1-4H,5H2. The lowest BCUT2D eigenvalue weighted by Crippen LogP contribution is -1.96. The second kappa shape index (κ2) is 4.57. The van der Waals surface area contributed by atoms with Gasteiger partial charge in [0.25, 0.3) is 5.69 Å². The molecule has 0 amide bonds. The van der Waals surface area contributed by atoms with Crippen molar-refractivity contribution in [3.63, 3.8) is 0 Å². The van der Waals surface area contributed by atoms with E-state index in [0.717, 1.165) is 6.07 Å². The first-order valence-electron chi connectivity index (χ1n) is 3.61. The van der Waals surface area contributed by atoms with Crippen molar-refractivity contribution < 1.29 is 14.5 Å². The fraction of sp³-hybridized carbons (Fsp3) is 0.125. The molecule has 0 fully saturated rings. The molecule has 0 atom stereocenters. The van der Waals surface area contributed by atoms with Gasteiger partial charge in [0.05, 0.1) is 10.5 Å². The van der Waals surface area contributed by atoms with Gasteiger partial charge in [-0.3, -0.25) is 14.9 Å². The van der Waals surface area contributed by atoms with Crippen molar-refractivity contribution in [2.75, 3.05) is 6.07 Å². The van der Waals surface area contributed by atoms with Crippen LogP contribution in [0.1, 0.15) is 10.4 Å². The Morgan fingerprint density at radius 1 is 1.57 bits per heavy atom. The highest BCUT2D eigenvalue weighted by Crippen LogP contribution is 2.22. The summed E-state index contributed by atoms with van der Waals surface area (Å²) >= 11 is 5.30. The summed E-state index contributed by atoms with van der Waals surface area (Å²) in [6, 6.07) is 3.60.